The first-order valence-corrected chi connectivity index (χ1v) is 5.65. The molecule has 70 valence electrons. The van der Waals surface area contributed by atoms with Gasteiger partial charge in [-0.05, 0) is 12.3 Å². The van der Waals surface area contributed by atoms with Gasteiger partial charge in [-0.2, -0.15) is 0 Å². The second kappa shape index (κ2) is 3.43. The standard InChI is InChI=1S/C7H12O4S/c1-6(8)11-3-2-7-4-12(9,10)5-7/h7H,2-5H2,1H3. The third-order valence-corrected chi connectivity index (χ3v) is 3.77. The Labute approximate surface area is 71.8 Å². The molecule has 1 saturated heterocycles. The van der Waals surface area contributed by atoms with Gasteiger partial charge in [0.05, 0.1) is 18.1 Å². The predicted molar refractivity (Wildman–Crippen MR) is 43.4 cm³/mol. The molecule has 0 saturated carbocycles. The molecule has 0 radical (unpaired) electrons. The summed E-state index contributed by atoms with van der Waals surface area (Å²) in [6, 6.07) is 0. The van der Waals surface area contributed by atoms with Gasteiger partial charge in [0.1, 0.15) is 0 Å². The van der Waals surface area contributed by atoms with Gasteiger partial charge in [-0.1, -0.05) is 0 Å². The second-order valence-electron chi connectivity index (χ2n) is 3.07. The Hall–Kier alpha value is -0.580. The van der Waals surface area contributed by atoms with Crippen molar-refractivity contribution in [2.75, 3.05) is 18.1 Å². The minimum Gasteiger partial charge on any atom is -0.466 e. The van der Waals surface area contributed by atoms with E-state index in [0.717, 1.165) is 0 Å². The minimum absolute atomic E-state index is 0.203. The Morgan fingerprint density at radius 1 is 1.50 bits per heavy atom. The Kier molecular flexibility index (Phi) is 2.72. The first kappa shape index (κ1) is 9.51. The molecule has 1 aliphatic rings. The van der Waals surface area contributed by atoms with Gasteiger partial charge < -0.3 is 4.74 Å². The van der Waals surface area contributed by atoms with Crippen molar-refractivity contribution >= 4 is 15.8 Å². The molecule has 0 bridgehead atoms. The maximum Gasteiger partial charge on any atom is 0.302 e. The highest BCUT2D eigenvalue weighted by atomic mass is 32.2. The molecule has 0 aromatic heterocycles. The van der Waals surface area contributed by atoms with Crippen molar-refractivity contribution in [3.05, 3.63) is 0 Å². The molecule has 0 N–H and O–H groups in total. The lowest BCUT2D eigenvalue weighted by Gasteiger charge is -2.24. The van der Waals surface area contributed by atoms with E-state index in [0.29, 0.717) is 13.0 Å². The predicted octanol–water partition coefficient (Wildman–Crippen LogP) is -0.0158. The van der Waals surface area contributed by atoms with E-state index in [9.17, 15) is 13.2 Å². The minimum atomic E-state index is -2.72. The Morgan fingerprint density at radius 3 is 2.50 bits per heavy atom. The molecule has 0 atom stereocenters. The molecule has 12 heavy (non-hydrogen) atoms. The number of hydrogen-bond donors (Lipinski definition) is 0. The van der Waals surface area contributed by atoms with Crippen LogP contribution in [0.25, 0.3) is 0 Å². The second-order valence-corrected chi connectivity index (χ2v) is 5.23. The molecule has 1 heterocycles. The van der Waals surface area contributed by atoms with E-state index in [2.05, 4.69) is 4.74 Å². The number of hydrogen-bond acceptors (Lipinski definition) is 4. The maximum absolute atomic E-state index is 10.7. The fourth-order valence-corrected chi connectivity index (χ4v) is 2.88. The zero-order valence-corrected chi connectivity index (χ0v) is 7.76. The van der Waals surface area contributed by atoms with Gasteiger partial charge in [0.15, 0.2) is 9.84 Å². The third-order valence-electron chi connectivity index (χ3n) is 1.81. The maximum atomic E-state index is 10.7. The fourth-order valence-electron chi connectivity index (χ4n) is 1.21. The lowest BCUT2D eigenvalue weighted by Crippen LogP contribution is -2.36. The van der Waals surface area contributed by atoms with E-state index in [1.54, 1.807) is 0 Å². The van der Waals surface area contributed by atoms with Crippen LogP contribution in [0.5, 0.6) is 0 Å². The van der Waals surface area contributed by atoms with Crippen LogP contribution in [0.4, 0.5) is 0 Å². The molecule has 0 aromatic carbocycles. The molecule has 0 spiro atoms. The van der Waals surface area contributed by atoms with Crippen LogP contribution in [0, 0.1) is 5.92 Å². The highest BCUT2D eigenvalue weighted by Crippen LogP contribution is 2.21. The highest BCUT2D eigenvalue weighted by molar-refractivity contribution is 7.92. The van der Waals surface area contributed by atoms with Crippen LogP contribution in [0.1, 0.15) is 13.3 Å². The van der Waals surface area contributed by atoms with Crippen molar-refractivity contribution < 1.29 is 17.9 Å². The molecule has 0 aliphatic carbocycles. The van der Waals surface area contributed by atoms with E-state index in [-0.39, 0.29) is 23.4 Å². The summed E-state index contributed by atoms with van der Waals surface area (Å²) in [4.78, 5) is 10.3. The zero-order chi connectivity index (χ0) is 9.19. The van der Waals surface area contributed by atoms with Gasteiger partial charge in [-0.25, -0.2) is 8.42 Å². The summed E-state index contributed by atoms with van der Waals surface area (Å²) < 4.78 is 26.1. The van der Waals surface area contributed by atoms with Crippen molar-refractivity contribution in [2.45, 2.75) is 13.3 Å². The molecule has 0 amide bonds. The van der Waals surface area contributed by atoms with Gasteiger partial charge in [-0.15, -0.1) is 0 Å². The number of rotatable bonds is 3. The van der Waals surface area contributed by atoms with Gasteiger partial charge in [0.2, 0.25) is 0 Å². The molecule has 1 fully saturated rings. The molecular formula is C7H12O4S. The number of carbonyl (C=O) groups is 1. The van der Waals surface area contributed by atoms with E-state index in [1.807, 2.05) is 0 Å². The van der Waals surface area contributed by atoms with Crippen LogP contribution in [-0.4, -0.2) is 32.5 Å². The summed E-state index contributed by atoms with van der Waals surface area (Å²) in [5.74, 6) is 0.411. The van der Waals surface area contributed by atoms with Crippen LogP contribution in [-0.2, 0) is 19.4 Å². The number of carbonyl (C=O) groups excluding carboxylic acids is 1. The number of sulfone groups is 1. The lowest BCUT2D eigenvalue weighted by molar-refractivity contribution is -0.141. The normalized spacial score (nSPS) is 21.4. The third kappa shape index (κ3) is 2.81. The van der Waals surface area contributed by atoms with Crippen molar-refractivity contribution in [2.24, 2.45) is 5.92 Å². The summed E-state index contributed by atoms with van der Waals surface area (Å²) in [6.45, 7) is 1.69. The summed E-state index contributed by atoms with van der Waals surface area (Å²) in [7, 11) is -2.72. The molecule has 0 unspecified atom stereocenters. The van der Waals surface area contributed by atoms with Gasteiger partial charge in [0, 0.05) is 6.92 Å². The van der Waals surface area contributed by atoms with Crippen LogP contribution in [0.3, 0.4) is 0 Å². The Morgan fingerprint density at radius 2 is 2.08 bits per heavy atom. The van der Waals surface area contributed by atoms with Crippen LogP contribution >= 0.6 is 0 Å². The largest absolute Gasteiger partial charge is 0.466 e. The number of ether oxygens (including phenoxy) is 1. The number of esters is 1. The van der Waals surface area contributed by atoms with Crippen LogP contribution in [0.15, 0.2) is 0 Å². The quantitative estimate of drug-likeness (QED) is 0.590. The van der Waals surface area contributed by atoms with E-state index >= 15 is 0 Å². The lowest BCUT2D eigenvalue weighted by atomic mass is 10.1. The zero-order valence-electron chi connectivity index (χ0n) is 6.95. The summed E-state index contributed by atoms with van der Waals surface area (Å²) >= 11 is 0. The summed E-state index contributed by atoms with van der Waals surface area (Å²) in [5, 5.41) is 0. The van der Waals surface area contributed by atoms with Gasteiger partial charge >= 0.3 is 5.97 Å². The van der Waals surface area contributed by atoms with Crippen LogP contribution in [0.2, 0.25) is 0 Å². The summed E-state index contributed by atoms with van der Waals surface area (Å²) in [6.07, 6.45) is 0.665. The first-order valence-electron chi connectivity index (χ1n) is 3.83. The fraction of sp³-hybridized carbons (Fsp3) is 0.857. The molecule has 5 heteroatoms. The highest BCUT2D eigenvalue weighted by Gasteiger charge is 2.32. The Bertz CT molecular complexity index is 255. The smallest absolute Gasteiger partial charge is 0.302 e. The van der Waals surface area contributed by atoms with Crippen molar-refractivity contribution in [3.63, 3.8) is 0 Å². The molecule has 4 nitrogen and oxygen atoms in total. The molecule has 1 rings (SSSR count). The first-order chi connectivity index (χ1) is 5.49. The molecule has 1 aliphatic heterocycles. The van der Waals surface area contributed by atoms with E-state index in [1.165, 1.54) is 6.92 Å². The van der Waals surface area contributed by atoms with Gasteiger partial charge in [-0.3, -0.25) is 4.79 Å². The molecular weight excluding hydrogens is 180 g/mol. The van der Waals surface area contributed by atoms with Crippen LogP contribution < -0.4 is 0 Å². The van der Waals surface area contributed by atoms with Gasteiger partial charge in [0.25, 0.3) is 0 Å². The average molecular weight is 192 g/mol. The SMILES string of the molecule is CC(=O)OCCC1CS(=O)(=O)C1. The molecule has 0 aromatic rings. The summed E-state index contributed by atoms with van der Waals surface area (Å²) in [5.41, 5.74) is 0. The van der Waals surface area contributed by atoms with Crippen molar-refractivity contribution in [1.82, 2.24) is 0 Å². The average Bonchev–Trinajstić information content (AvgIpc) is 1.82. The topological polar surface area (TPSA) is 60.4 Å². The Balaban J connectivity index is 2.08. The van der Waals surface area contributed by atoms with Crippen molar-refractivity contribution in [3.8, 4) is 0 Å². The monoisotopic (exact) mass is 192 g/mol. The van der Waals surface area contributed by atoms with Crippen molar-refractivity contribution in [1.29, 1.82) is 0 Å². The van der Waals surface area contributed by atoms with E-state index in [4.69, 9.17) is 0 Å². The van der Waals surface area contributed by atoms with E-state index < -0.39 is 9.84 Å².